The lowest BCUT2D eigenvalue weighted by atomic mass is 10.1. The van der Waals surface area contributed by atoms with Crippen molar-refractivity contribution in [2.75, 3.05) is 26.2 Å². The van der Waals surface area contributed by atoms with E-state index in [1.807, 2.05) is 12.1 Å². The second-order valence-corrected chi connectivity index (χ2v) is 8.79. The van der Waals surface area contributed by atoms with Crippen LogP contribution in [0.2, 0.25) is 0 Å². The van der Waals surface area contributed by atoms with Crippen molar-refractivity contribution in [1.29, 1.82) is 0 Å². The molecule has 28 heavy (non-hydrogen) atoms. The van der Waals surface area contributed by atoms with Crippen LogP contribution in [0.3, 0.4) is 0 Å². The van der Waals surface area contributed by atoms with Crippen LogP contribution in [0.4, 0.5) is 4.39 Å². The second-order valence-electron chi connectivity index (χ2n) is 6.89. The first kappa shape index (κ1) is 20.5. The highest BCUT2D eigenvalue weighted by molar-refractivity contribution is 7.89. The van der Waals surface area contributed by atoms with E-state index in [0.29, 0.717) is 25.9 Å². The largest absolute Gasteiger partial charge is 0.340 e. The number of hydrogen-bond donors (Lipinski definition) is 0. The summed E-state index contributed by atoms with van der Waals surface area (Å²) in [5.41, 5.74) is 2.38. The van der Waals surface area contributed by atoms with Crippen LogP contribution in [0.5, 0.6) is 0 Å². The van der Waals surface area contributed by atoms with Gasteiger partial charge >= 0.3 is 0 Å². The lowest BCUT2D eigenvalue weighted by Gasteiger charge is -2.34. The number of rotatable bonds is 6. The molecule has 1 heterocycles. The highest BCUT2D eigenvalue weighted by Gasteiger charge is 2.31. The number of amides is 1. The van der Waals surface area contributed by atoms with E-state index in [1.54, 1.807) is 4.90 Å². The first-order chi connectivity index (χ1) is 13.4. The zero-order valence-corrected chi connectivity index (χ0v) is 16.8. The Kier molecular flexibility index (Phi) is 6.46. The molecule has 0 N–H and O–H groups in total. The summed E-state index contributed by atoms with van der Waals surface area (Å²) in [7, 11) is -3.88. The molecule has 2 aromatic rings. The van der Waals surface area contributed by atoms with Crippen LogP contribution in [0.15, 0.2) is 53.4 Å². The van der Waals surface area contributed by atoms with Gasteiger partial charge in [0, 0.05) is 32.6 Å². The molecule has 1 saturated heterocycles. The van der Waals surface area contributed by atoms with Crippen LogP contribution in [-0.2, 0) is 27.7 Å². The summed E-state index contributed by atoms with van der Waals surface area (Å²) >= 11 is 0. The Bertz CT molecular complexity index is 921. The molecule has 1 aliphatic heterocycles. The van der Waals surface area contributed by atoms with E-state index < -0.39 is 15.8 Å². The number of halogens is 1. The Balaban J connectivity index is 1.54. The molecule has 0 aliphatic carbocycles. The van der Waals surface area contributed by atoms with Gasteiger partial charge in [-0.15, -0.1) is 0 Å². The molecule has 1 fully saturated rings. The van der Waals surface area contributed by atoms with Gasteiger partial charge in [0.25, 0.3) is 0 Å². The number of benzene rings is 2. The predicted molar refractivity (Wildman–Crippen MR) is 106 cm³/mol. The number of carbonyl (C=O) groups is 1. The average molecular weight is 405 g/mol. The molecule has 0 radical (unpaired) electrons. The highest BCUT2D eigenvalue weighted by Crippen LogP contribution is 2.20. The molecular formula is C21H25FN2O3S. The minimum Gasteiger partial charge on any atom is -0.340 e. The van der Waals surface area contributed by atoms with Gasteiger partial charge in [-0.2, -0.15) is 4.31 Å². The zero-order valence-electron chi connectivity index (χ0n) is 16.0. The Morgan fingerprint density at radius 1 is 0.964 bits per heavy atom. The van der Waals surface area contributed by atoms with Crippen LogP contribution in [0, 0.1) is 5.82 Å². The second kappa shape index (κ2) is 8.84. The summed E-state index contributed by atoms with van der Waals surface area (Å²) < 4.78 is 40.4. The van der Waals surface area contributed by atoms with E-state index >= 15 is 0 Å². The fourth-order valence-electron chi connectivity index (χ4n) is 3.32. The Hall–Kier alpha value is -2.25. The summed E-state index contributed by atoms with van der Waals surface area (Å²) in [4.78, 5) is 13.8. The number of piperazine rings is 1. The van der Waals surface area contributed by atoms with E-state index in [1.165, 1.54) is 28.1 Å². The Labute approximate surface area is 165 Å². The third-order valence-corrected chi connectivity index (χ3v) is 7.04. The monoisotopic (exact) mass is 404 g/mol. The molecule has 0 unspecified atom stereocenters. The Morgan fingerprint density at radius 2 is 1.57 bits per heavy atom. The number of aryl methyl sites for hydroxylation is 2. The number of carbonyl (C=O) groups excluding carboxylic acids is 1. The van der Waals surface area contributed by atoms with E-state index in [-0.39, 0.29) is 23.9 Å². The topological polar surface area (TPSA) is 57.7 Å². The lowest BCUT2D eigenvalue weighted by molar-refractivity contribution is -0.132. The van der Waals surface area contributed by atoms with Crippen LogP contribution < -0.4 is 0 Å². The molecule has 1 aliphatic rings. The summed E-state index contributed by atoms with van der Waals surface area (Å²) in [6, 6.07) is 13.6. The third kappa shape index (κ3) is 4.59. The zero-order chi connectivity index (χ0) is 20.1. The van der Waals surface area contributed by atoms with Crippen molar-refractivity contribution in [3.8, 4) is 0 Å². The molecule has 0 saturated carbocycles. The number of sulfonamides is 1. The molecule has 7 heteroatoms. The van der Waals surface area contributed by atoms with Crippen molar-refractivity contribution >= 4 is 15.9 Å². The maximum atomic E-state index is 13.9. The first-order valence-electron chi connectivity index (χ1n) is 9.52. The molecule has 150 valence electrons. The van der Waals surface area contributed by atoms with E-state index in [9.17, 15) is 17.6 Å². The van der Waals surface area contributed by atoms with Crippen molar-refractivity contribution in [1.82, 2.24) is 9.21 Å². The van der Waals surface area contributed by atoms with Gasteiger partial charge in [0.1, 0.15) is 10.7 Å². The quantitative estimate of drug-likeness (QED) is 0.744. The van der Waals surface area contributed by atoms with Crippen molar-refractivity contribution in [2.45, 2.75) is 31.1 Å². The van der Waals surface area contributed by atoms with Gasteiger partial charge in [-0.25, -0.2) is 12.8 Å². The molecule has 0 bridgehead atoms. The van der Waals surface area contributed by atoms with Crippen LogP contribution >= 0.6 is 0 Å². The number of hydrogen-bond acceptors (Lipinski definition) is 3. The van der Waals surface area contributed by atoms with Crippen molar-refractivity contribution in [2.24, 2.45) is 0 Å². The van der Waals surface area contributed by atoms with Gasteiger partial charge < -0.3 is 4.90 Å². The van der Waals surface area contributed by atoms with E-state index in [2.05, 4.69) is 19.1 Å². The Morgan fingerprint density at radius 3 is 2.18 bits per heavy atom. The number of nitrogens with zero attached hydrogens (tertiary/aromatic N) is 2. The van der Waals surface area contributed by atoms with Crippen molar-refractivity contribution in [3.63, 3.8) is 0 Å². The molecular weight excluding hydrogens is 379 g/mol. The van der Waals surface area contributed by atoms with Crippen LogP contribution in [-0.4, -0.2) is 49.7 Å². The van der Waals surface area contributed by atoms with Gasteiger partial charge in [-0.05, 0) is 36.1 Å². The fourth-order valence-corrected chi connectivity index (χ4v) is 4.81. The van der Waals surface area contributed by atoms with E-state index in [0.717, 1.165) is 18.1 Å². The highest BCUT2D eigenvalue weighted by atomic mass is 32.2. The third-order valence-electron chi connectivity index (χ3n) is 5.10. The molecule has 5 nitrogen and oxygen atoms in total. The lowest BCUT2D eigenvalue weighted by Crippen LogP contribution is -2.50. The first-order valence-corrected chi connectivity index (χ1v) is 11.0. The van der Waals surface area contributed by atoms with Crippen molar-refractivity contribution < 1.29 is 17.6 Å². The normalized spacial score (nSPS) is 15.6. The summed E-state index contributed by atoms with van der Waals surface area (Å²) in [6.07, 6.45) is 2.04. The molecule has 3 rings (SSSR count). The minimum atomic E-state index is -3.88. The smallest absolute Gasteiger partial charge is 0.246 e. The van der Waals surface area contributed by atoms with Gasteiger partial charge in [0.05, 0.1) is 0 Å². The standard InChI is InChI=1S/C21H25FN2O3S/c1-2-17-7-9-18(10-8-17)11-12-21(25)23-13-15-24(16-14-23)28(26,27)20-6-4-3-5-19(20)22/h3-10H,2,11-16H2,1H3. The molecule has 2 aromatic carbocycles. The SMILES string of the molecule is CCc1ccc(CCC(=O)N2CCN(S(=O)(=O)c3ccccc3F)CC2)cc1. The van der Waals surface area contributed by atoms with Crippen molar-refractivity contribution in [3.05, 3.63) is 65.5 Å². The predicted octanol–water partition coefficient (Wildman–Crippen LogP) is 2.85. The summed E-state index contributed by atoms with van der Waals surface area (Å²) in [5, 5.41) is 0. The van der Waals surface area contributed by atoms with Gasteiger partial charge in [0.2, 0.25) is 15.9 Å². The molecule has 1 amide bonds. The maximum absolute atomic E-state index is 13.9. The summed E-state index contributed by atoms with van der Waals surface area (Å²) in [5.74, 6) is -0.738. The van der Waals surface area contributed by atoms with E-state index in [4.69, 9.17) is 0 Å². The average Bonchev–Trinajstić information content (AvgIpc) is 2.72. The van der Waals surface area contributed by atoms with Crippen LogP contribution in [0.1, 0.15) is 24.5 Å². The van der Waals surface area contributed by atoms with Gasteiger partial charge in [-0.3, -0.25) is 4.79 Å². The minimum absolute atomic E-state index is 0.0162. The maximum Gasteiger partial charge on any atom is 0.246 e. The fraction of sp³-hybridized carbons (Fsp3) is 0.381. The molecule has 0 spiro atoms. The molecule has 0 aromatic heterocycles. The van der Waals surface area contributed by atoms with Gasteiger partial charge in [-0.1, -0.05) is 43.3 Å². The van der Waals surface area contributed by atoms with Crippen LogP contribution in [0.25, 0.3) is 0 Å². The summed E-state index contributed by atoms with van der Waals surface area (Å²) in [6.45, 7) is 3.09. The van der Waals surface area contributed by atoms with Gasteiger partial charge in [0.15, 0.2) is 0 Å². The molecule has 0 atom stereocenters.